The van der Waals surface area contributed by atoms with Crippen molar-refractivity contribution in [3.63, 3.8) is 0 Å². The van der Waals surface area contributed by atoms with Crippen LogP contribution in [0.5, 0.6) is 0 Å². The first-order valence-electron chi connectivity index (χ1n) is 6.71. The second-order valence-electron chi connectivity index (χ2n) is 4.95. The van der Waals surface area contributed by atoms with Crippen molar-refractivity contribution in [2.24, 2.45) is 0 Å². The lowest BCUT2D eigenvalue weighted by Gasteiger charge is -2.33. The van der Waals surface area contributed by atoms with E-state index in [0.717, 1.165) is 38.3 Å². The van der Waals surface area contributed by atoms with Crippen LogP contribution in [0.4, 0.5) is 0 Å². The molecule has 1 amide bonds. The maximum atomic E-state index is 11.2. The second kappa shape index (κ2) is 6.53. The van der Waals surface area contributed by atoms with Gasteiger partial charge in [0.2, 0.25) is 5.91 Å². The summed E-state index contributed by atoms with van der Waals surface area (Å²) in [6.07, 6.45) is 4.32. The number of nitrogens with zero attached hydrogens (tertiary/aromatic N) is 2. The summed E-state index contributed by atoms with van der Waals surface area (Å²) in [6.45, 7) is 10.1. The van der Waals surface area contributed by atoms with E-state index in [9.17, 15) is 4.79 Å². The first kappa shape index (κ1) is 13.8. The number of rotatable bonds is 3. The van der Waals surface area contributed by atoms with Crippen LogP contribution in [-0.2, 0) is 4.79 Å². The van der Waals surface area contributed by atoms with Crippen molar-refractivity contribution in [2.75, 3.05) is 32.7 Å². The lowest BCUT2D eigenvalue weighted by atomic mass is 10.1. The van der Waals surface area contributed by atoms with Gasteiger partial charge in [-0.15, -0.1) is 0 Å². The third kappa shape index (κ3) is 4.21. The minimum absolute atomic E-state index is 0.184. The van der Waals surface area contributed by atoms with E-state index in [2.05, 4.69) is 36.1 Å². The van der Waals surface area contributed by atoms with Crippen LogP contribution in [0.3, 0.4) is 0 Å². The summed E-state index contributed by atoms with van der Waals surface area (Å²) in [4.78, 5) is 15.5. The van der Waals surface area contributed by atoms with E-state index in [-0.39, 0.29) is 5.91 Å². The molecule has 1 aliphatic rings. The molecule has 19 heavy (non-hydrogen) atoms. The maximum absolute atomic E-state index is 11.2. The van der Waals surface area contributed by atoms with Crippen molar-refractivity contribution in [3.8, 4) is 0 Å². The second-order valence-corrected chi connectivity index (χ2v) is 4.95. The Morgan fingerprint density at radius 1 is 1.21 bits per heavy atom. The van der Waals surface area contributed by atoms with Crippen molar-refractivity contribution in [1.29, 1.82) is 0 Å². The Bertz CT molecular complexity index is 442. The lowest BCUT2D eigenvalue weighted by molar-refractivity contribution is -0.130. The summed E-state index contributed by atoms with van der Waals surface area (Å²) in [7, 11) is 0. The lowest BCUT2D eigenvalue weighted by Crippen LogP contribution is -2.47. The van der Waals surface area contributed by atoms with Gasteiger partial charge in [0.15, 0.2) is 0 Å². The quantitative estimate of drug-likeness (QED) is 0.827. The molecule has 1 fully saturated rings. The predicted octanol–water partition coefficient (Wildman–Crippen LogP) is 2.05. The van der Waals surface area contributed by atoms with Gasteiger partial charge in [-0.05, 0) is 18.1 Å². The molecule has 0 unspecified atom stereocenters. The molecule has 0 aromatic heterocycles. The maximum Gasteiger partial charge on any atom is 0.219 e. The zero-order valence-corrected chi connectivity index (χ0v) is 11.5. The van der Waals surface area contributed by atoms with E-state index in [1.165, 1.54) is 5.56 Å². The van der Waals surface area contributed by atoms with Gasteiger partial charge < -0.3 is 4.90 Å². The molecular formula is C16H21N2O. The molecule has 1 radical (unpaired) electrons. The van der Waals surface area contributed by atoms with Gasteiger partial charge in [-0.1, -0.05) is 36.4 Å². The summed E-state index contributed by atoms with van der Waals surface area (Å²) in [5.41, 5.74) is 2.24. The molecule has 0 atom stereocenters. The standard InChI is InChI=1S/C16H21N2O/c1-14-5-7-16(8-6-14)4-3-9-17-10-12-18(13-11-17)15(2)19/h3-8H,1,9-13H2,2H3/b4-3+. The molecule has 0 N–H and O–H groups in total. The number of carbonyl (C=O) groups is 1. The Morgan fingerprint density at radius 3 is 2.42 bits per heavy atom. The Morgan fingerprint density at radius 2 is 1.84 bits per heavy atom. The molecule has 0 aliphatic carbocycles. The van der Waals surface area contributed by atoms with E-state index in [1.807, 2.05) is 17.0 Å². The molecule has 1 aliphatic heterocycles. The number of carbonyl (C=O) groups excluding carboxylic acids is 1. The Kier molecular flexibility index (Phi) is 4.74. The first-order chi connectivity index (χ1) is 9.15. The molecule has 0 spiro atoms. The topological polar surface area (TPSA) is 23.6 Å². The molecule has 101 valence electrons. The summed E-state index contributed by atoms with van der Waals surface area (Å²) < 4.78 is 0. The van der Waals surface area contributed by atoms with Gasteiger partial charge >= 0.3 is 0 Å². The summed E-state index contributed by atoms with van der Waals surface area (Å²) in [5, 5.41) is 0. The van der Waals surface area contributed by atoms with Gasteiger partial charge in [-0.3, -0.25) is 9.69 Å². The fraction of sp³-hybridized carbons (Fsp3) is 0.375. The average Bonchev–Trinajstić information content (AvgIpc) is 2.41. The SMILES string of the molecule is [CH2]c1ccc(/C=C/CN2CCN(C(C)=O)CC2)cc1. The smallest absolute Gasteiger partial charge is 0.219 e. The molecule has 3 nitrogen and oxygen atoms in total. The van der Waals surface area contributed by atoms with E-state index in [0.29, 0.717) is 0 Å². The minimum Gasteiger partial charge on any atom is -0.340 e. The van der Waals surface area contributed by atoms with Gasteiger partial charge in [0.25, 0.3) is 0 Å². The van der Waals surface area contributed by atoms with Gasteiger partial charge in [0, 0.05) is 39.6 Å². The molecule has 0 bridgehead atoms. The third-order valence-corrected chi connectivity index (χ3v) is 3.47. The zero-order valence-electron chi connectivity index (χ0n) is 11.5. The average molecular weight is 257 g/mol. The molecule has 1 saturated heterocycles. The Balaban J connectivity index is 1.77. The molecule has 0 saturated carbocycles. The monoisotopic (exact) mass is 257 g/mol. The van der Waals surface area contributed by atoms with Gasteiger partial charge in [0.1, 0.15) is 0 Å². The molecule has 1 aromatic carbocycles. The summed E-state index contributed by atoms with van der Waals surface area (Å²) in [5.74, 6) is 0.184. The normalized spacial score (nSPS) is 17.1. The van der Waals surface area contributed by atoms with Crippen molar-refractivity contribution >= 4 is 12.0 Å². The number of hydrogen-bond donors (Lipinski definition) is 0. The summed E-state index contributed by atoms with van der Waals surface area (Å²) in [6, 6.07) is 8.19. The molecule has 1 heterocycles. The first-order valence-corrected chi connectivity index (χ1v) is 6.71. The highest BCUT2D eigenvalue weighted by atomic mass is 16.2. The number of piperazine rings is 1. The number of benzene rings is 1. The van der Waals surface area contributed by atoms with Gasteiger partial charge in [0.05, 0.1) is 0 Å². The van der Waals surface area contributed by atoms with Gasteiger partial charge in [-0.25, -0.2) is 0 Å². The van der Waals surface area contributed by atoms with Crippen LogP contribution >= 0.6 is 0 Å². The Labute approximate surface area is 115 Å². The largest absolute Gasteiger partial charge is 0.340 e. The summed E-state index contributed by atoms with van der Waals surface area (Å²) >= 11 is 0. The fourth-order valence-corrected chi connectivity index (χ4v) is 2.21. The van der Waals surface area contributed by atoms with E-state index < -0.39 is 0 Å². The van der Waals surface area contributed by atoms with Crippen LogP contribution < -0.4 is 0 Å². The van der Waals surface area contributed by atoms with Crippen LogP contribution in [0, 0.1) is 6.92 Å². The number of amides is 1. The molecule has 1 aromatic rings. The highest BCUT2D eigenvalue weighted by Crippen LogP contribution is 2.06. The van der Waals surface area contributed by atoms with Crippen molar-refractivity contribution in [1.82, 2.24) is 9.80 Å². The van der Waals surface area contributed by atoms with Crippen molar-refractivity contribution in [3.05, 3.63) is 48.4 Å². The van der Waals surface area contributed by atoms with Crippen molar-refractivity contribution < 1.29 is 4.79 Å². The highest BCUT2D eigenvalue weighted by Gasteiger charge is 2.16. The van der Waals surface area contributed by atoms with Crippen LogP contribution in [-0.4, -0.2) is 48.4 Å². The van der Waals surface area contributed by atoms with Crippen LogP contribution in [0.25, 0.3) is 6.08 Å². The highest BCUT2D eigenvalue weighted by molar-refractivity contribution is 5.73. The van der Waals surface area contributed by atoms with Crippen molar-refractivity contribution in [2.45, 2.75) is 6.92 Å². The van der Waals surface area contributed by atoms with Crippen LogP contribution in [0.1, 0.15) is 18.1 Å². The zero-order chi connectivity index (χ0) is 13.7. The van der Waals surface area contributed by atoms with E-state index in [1.54, 1.807) is 6.92 Å². The van der Waals surface area contributed by atoms with E-state index >= 15 is 0 Å². The Hall–Kier alpha value is -1.61. The van der Waals surface area contributed by atoms with Crippen LogP contribution in [0.2, 0.25) is 0 Å². The van der Waals surface area contributed by atoms with Crippen LogP contribution in [0.15, 0.2) is 30.3 Å². The number of hydrogen-bond acceptors (Lipinski definition) is 2. The fourth-order valence-electron chi connectivity index (χ4n) is 2.21. The third-order valence-electron chi connectivity index (χ3n) is 3.47. The van der Waals surface area contributed by atoms with E-state index in [4.69, 9.17) is 0 Å². The minimum atomic E-state index is 0.184. The molecule has 2 rings (SSSR count). The molecular weight excluding hydrogens is 236 g/mol. The predicted molar refractivity (Wildman–Crippen MR) is 78.6 cm³/mol. The van der Waals surface area contributed by atoms with Gasteiger partial charge in [-0.2, -0.15) is 0 Å². The molecule has 3 heteroatoms.